The Morgan fingerprint density at radius 1 is 1.16 bits per heavy atom. The Kier molecular flexibility index (Phi) is 4.18. The van der Waals surface area contributed by atoms with E-state index in [1.807, 2.05) is 14.1 Å². The Labute approximate surface area is 113 Å². The fourth-order valence-corrected chi connectivity index (χ4v) is 1.63. The number of nitrogens with zero attached hydrogens (tertiary/aromatic N) is 3. The summed E-state index contributed by atoms with van der Waals surface area (Å²) in [7, 11) is 5.64. The number of hydrogen-bond donors (Lipinski definition) is 1. The van der Waals surface area contributed by atoms with Crippen LogP contribution in [0.15, 0.2) is 36.5 Å². The highest BCUT2D eigenvalue weighted by molar-refractivity contribution is 5.46. The molecule has 0 radical (unpaired) electrons. The minimum Gasteiger partial charge on any atom is -0.481 e. The van der Waals surface area contributed by atoms with Crippen LogP contribution in [0.1, 0.15) is 5.56 Å². The first-order valence-electron chi connectivity index (χ1n) is 6.06. The maximum atomic E-state index is 5.05. The Morgan fingerprint density at radius 3 is 2.53 bits per heavy atom. The van der Waals surface area contributed by atoms with Crippen molar-refractivity contribution >= 4 is 11.6 Å². The third kappa shape index (κ3) is 3.58. The van der Waals surface area contributed by atoms with Crippen molar-refractivity contribution in [1.29, 1.82) is 0 Å². The Balaban J connectivity index is 1.98. The van der Waals surface area contributed by atoms with E-state index in [1.165, 1.54) is 11.3 Å². The maximum Gasteiger partial charge on any atom is 0.226 e. The van der Waals surface area contributed by atoms with E-state index in [2.05, 4.69) is 44.5 Å². The van der Waals surface area contributed by atoms with Crippen LogP contribution in [-0.4, -0.2) is 31.2 Å². The SMILES string of the molecule is COc1ccnc(NCc2ccc(N(C)C)cc2)n1. The molecule has 0 spiro atoms. The first-order valence-corrected chi connectivity index (χ1v) is 6.06. The predicted molar refractivity (Wildman–Crippen MR) is 76.7 cm³/mol. The van der Waals surface area contributed by atoms with Gasteiger partial charge in [0.25, 0.3) is 0 Å². The summed E-state index contributed by atoms with van der Waals surface area (Å²) >= 11 is 0. The first-order chi connectivity index (χ1) is 9.19. The molecule has 0 aliphatic rings. The molecule has 0 fully saturated rings. The molecular formula is C14H18N4O. The molecule has 1 aromatic carbocycles. The van der Waals surface area contributed by atoms with E-state index >= 15 is 0 Å². The van der Waals surface area contributed by atoms with Gasteiger partial charge >= 0.3 is 0 Å². The maximum absolute atomic E-state index is 5.05. The standard InChI is InChI=1S/C14H18N4O/c1-18(2)12-6-4-11(5-7-12)10-16-14-15-9-8-13(17-14)19-3/h4-9H,10H2,1-3H3,(H,15,16,17). The number of benzene rings is 1. The van der Waals surface area contributed by atoms with Crippen LogP contribution in [0.25, 0.3) is 0 Å². The van der Waals surface area contributed by atoms with E-state index in [4.69, 9.17) is 4.74 Å². The lowest BCUT2D eigenvalue weighted by Crippen LogP contribution is -2.09. The molecule has 0 amide bonds. The summed E-state index contributed by atoms with van der Waals surface area (Å²) in [5.74, 6) is 1.12. The summed E-state index contributed by atoms with van der Waals surface area (Å²) in [5.41, 5.74) is 2.36. The number of rotatable bonds is 5. The highest BCUT2D eigenvalue weighted by Gasteiger charge is 2.00. The highest BCUT2D eigenvalue weighted by Crippen LogP contribution is 2.13. The average molecular weight is 258 g/mol. The van der Waals surface area contributed by atoms with Crippen molar-refractivity contribution in [3.8, 4) is 5.88 Å². The zero-order valence-corrected chi connectivity index (χ0v) is 11.4. The van der Waals surface area contributed by atoms with Gasteiger partial charge < -0.3 is 15.0 Å². The fourth-order valence-electron chi connectivity index (χ4n) is 1.63. The molecule has 0 saturated carbocycles. The molecule has 0 aliphatic heterocycles. The molecule has 0 atom stereocenters. The third-order valence-corrected chi connectivity index (χ3v) is 2.74. The smallest absolute Gasteiger partial charge is 0.226 e. The van der Waals surface area contributed by atoms with Crippen LogP contribution in [-0.2, 0) is 6.54 Å². The van der Waals surface area contributed by atoms with Crippen molar-refractivity contribution < 1.29 is 4.74 Å². The van der Waals surface area contributed by atoms with Crippen LogP contribution in [0.3, 0.4) is 0 Å². The fraction of sp³-hybridized carbons (Fsp3) is 0.286. The summed E-state index contributed by atoms with van der Waals surface area (Å²) in [6, 6.07) is 10.1. The van der Waals surface area contributed by atoms with Crippen molar-refractivity contribution in [2.45, 2.75) is 6.54 Å². The molecular weight excluding hydrogens is 240 g/mol. The number of hydrogen-bond acceptors (Lipinski definition) is 5. The predicted octanol–water partition coefficient (Wildman–Crippen LogP) is 2.16. The summed E-state index contributed by atoms with van der Waals surface area (Å²) in [6.07, 6.45) is 1.67. The van der Waals surface area contributed by atoms with Gasteiger partial charge in [0.2, 0.25) is 11.8 Å². The van der Waals surface area contributed by atoms with Gasteiger partial charge in [-0.2, -0.15) is 4.98 Å². The molecule has 0 unspecified atom stereocenters. The minimum absolute atomic E-state index is 0.556. The molecule has 19 heavy (non-hydrogen) atoms. The summed E-state index contributed by atoms with van der Waals surface area (Å²) < 4.78 is 5.05. The monoisotopic (exact) mass is 258 g/mol. The van der Waals surface area contributed by atoms with E-state index in [9.17, 15) is 0 Å². The zero-order valence-electron chi connectivity index (χ0n) is 11.4. The molecule has 100 valence electrons. The lowest BCUT2D eigenvalue weighted by atomic mass is 10.2. The number of ether oxygens (including phenoxy) is 1. The molecule has 0 saturated heterocycles. The number of anilines is 2. The van der Waals surface area contributed by atoms with Crippen molar-refractivity contribution in [1.82, 2.24) is 9.97 Å². The van der Waals surface area contributed by atoms with Crippen molar-refractivity contribution in [2.75, 3.05) is 31.4 Å². The molecule has 5 nitrogen and oxygen atoms in total. The van der Waals surface area contributed by atoms with Crippen LogP contribution in [0.5, 0.6) is 5.88 Å². The molecule has 0 bridgehead atoms. The third-order valence-electron chi connectivity index (χ3n) is 2.74. The summed E-state index contributed by atoms with van der Waals surface area (Å²) in [6.45, 7) is 0.681. The number of methoxy groups -OCH3 is 1. The molecule has 1 N–H and O–H groups in total. The molecule has 2 rings (SSSR count). The van der Waals surface area contributed by atoms with Gasteiger partial charge in [-0.15, -0.1) is 0 Å². The Hall–Kier alpha value is -2.30. The normalized spacial score (nSPS) is 10.1. The lowest BCUT2D eigenvalue weighted by Gasteiger charge is -2.13. The first kappa shape index (κ1) is 13.1. The second kappa shape index (κ2) is 6.04. The zero-order chi connectivity index (χ0) is 13.7. The van der Waals surface area contributed by atoms with Crippen molar-refractivity contribution in [3.63, 3.8) is 0 Å². The van der Waals surface area contributed by atoms with Gasteiger partial charge in [-0.3, -0.25) is 0 Å². The molecule has 0 aliphatic carbocycles. The van der Waals surface area contributed by atoms with Crippen LogP contribution >= 0.6 is 0 Å². The summed E-state index contributed by atoms with van der Waals surface area (Å²) in [5, 5.41) is 3.17. The van der Waals surface area contributed by atoms with Gasteiger partial charge in [-0.1, -0.05) is 12.1 Å². The van der Waals surface area contributed by atoms with Crippen LogP contribution in [0, 0.1) is 0 Å². The second-order valence-corrected chi connectivity index (χ2v) is 4.34. The summed E-state index contributed by atoms with van der Waals surface area (Å²) in [4.78, 5) is 10.4. The van der Waals surface area contributed by atoms with Gasteiger partial charge in [-0.05, 0) is 17.7 Å². The quantitative estimate of drug-likeness (QED) is 0.890. The average Bonchev–Trinajstić information content (AvgIpc) is 2.46. The van der Waals surface area contributed by atoms with Gasteiger partial charge in [0.05, 0.1) is 7.11 Å². The van der Waals surface area contributed by atoms with Gasteiger partial charge in [-0.25, -0.2) is 4.98 Å². The van der Waals surface area contributed by atoms with Gasteiger partial charge in [0.15, 0.2) is 0 Å². The van der Waals surface area contributed by atoms with E-state index in [0.717, 1.165) is 0 Å². The minimum atomic E-state index is 0.556. The topological polar surface area (TPSA) is 50.3 Å². The van der Waals surface area contributed by atoms with E-state index in [-0.39, 0.29) is 0 Å². The van der Waals surface area contributed by atoms with Gasteiger partial charge in [0.1, 0.15) is 0 Å². The van der Waals surface area contributed by atoms with E-state index in [1.54, 1.807) is 19.4 Å². The number of nitrogens with one attached hydrogen (secondary N) is 1. The highest BCUT2D eigenvalue weighted by atomic mass is 16.5. The van der Waals surface area contributed by atoms with Crippen molar-refractivity contribution in [2.24, 2.45) is 0 Å². The van der Waals surface area contributed by atoms with Crippen molar-refractivity contribution in [3.05, 3.63) is 42.1 Å². The van der Waals surface area contributed by atoms with Crippen LogP contribution in [0.4, 0.5) is 11.6 Å². The molecule has 1 aromatic heterocycles. The molecule has 1 heterocycles. The van der Waals surface area contributed by atoms with E-state index in [0.29, 0.717) is 18.4 Å². The number of aromatic nitrogens is 2. The van der Waals surface area contributed by atoms with Crippen LogP contribution in [0.2, 0.25) is 0 Å². The molecule has 2 aromatic rings. The van der Waals surface area contributed by atoms with Crippen LogP contribution < -0.4 is 15.0 Å². The Bertz CT molecular complexity index is 525. The lowest BCUT2D eigenvalue weighted by molar-refractivity contribution is 0.397. The largest absolute Gasteiger partial charge is 0.481 e. The van der Waals surface area contributed by atoms with Gasteiger partial charge in [0, 0.05) is 38.6 Å². The Morgan fingerprint density at radius 2 is 1.89 bits per heavy atom. The molecule has 5 heteroatoms. The second-order valence-electron chi connectivity index (χ2n) is 4.34. The van der Waals surface area contributed by atoms with E-state index < -0.39 is 0 Å².